The smallest absolute Gasteiger partial charge is 0.157 e. The maximum atomic E-state index is 4.75. The Balaban J connectivity index is 1.79. The first-order valence-corrected chi connectivity index (χ1v) is 8.66. The van der Waals surface area contributed by atoms with Gasteiger partial charge in [-0.15, -0.1) is 22.7 Å². The maximum absolute atomic E-state index is 4.75. The number of aryl methyl sites for hydroxylation is 1. The number of hydrogen-bond donors (Lipinski definition) is 1. The monoisotopic (exact) mass is 326 g/mol. The molecule has 0 amide bonds. The number of rotatable bonds is 4. The van der Waals surface area contributed by atoms with Crippen molar-refractivity contribution in [2.45, 2.75) is 13.5 Å². The van der Waals surface area contributed by atoms with Crippen LogP contribution < -0.4 is 5.32 Å². The lowest BCUT2D eigenvalue weighted by Crippen LogP contribution is -2.01. The molecule has 0 atom stereocenters. The lowest BCUT2D eigenvalue weighted by atomic mass is 10.3. The number of nitrogens with zero attached hydrogens (tertiary/aromatic N) is 3. The molecule has 110 valence electrons. The zero-order valence-electron chi connectivity index (χ0n) is 12.0. The molecule has 0 spiro atoms. The summed E-state index contributed by atoms with van der Waals surface area (Å²) in [5.41, 5.74) is 1.85. The SMILES string of the molecule is Cc1ccc(-c2nc3cnccn3c2NCc2cccs2)s1. The summed E-state index contributed by atoms with van der Waals surface area (Å²) in [5, 5.41) is 5.63. The number of fused-ring (bicyclic) bond motifs is 1. The predicted molar refractivity (Wildman–Crippen MR) is 92.7 cm³/mol. The Labute approximate surface area is 136 Å². The van der Waals surface area contributed by atoms with Crippen molar-refractivity contribution in [3.05, 3.63) is 58.0 Å². The Morgan fingerprint density at radius 1 is 1.27 bits per heavy atom. The van der Waals surface area contributed by atoms with Crippen molar-refractivity contribution in [2.75, 3.05) is 5.32 Å². The van der Waals surface area contributed by atoms with Gasteiger partial charge in [0.2, 0.25) is 0 Å². The molecule has 4 rings (SSSR count). The molecule has 4 aromatic rings. The van der Waals surface area contributed by atoms with Crippen LogP contribution >= 0.6 is 22.7 Å². The number of nitrogens with one attached hydrogen (secondary N) is 1. The van der Waals surface area contributed by atoms with Crippen LogP contribution in [0.3, 0.4) is 0 Å². The Morgan fingerprint density at radius 3 is 3.00 bits per heavy atom. The summed E-state index contributed by atoms with van der Waals surface area (Å²) < 4.78 is 2.06. The first-order chi connectivity index (χ1) is 10.8. The number of imidazole rings is 1. The van der Waals surface area contributed by atoms with E-state index < -0.39 is 0 Å². The van der Waals surface area contributed by atoms with Crippen LogP contribution in [0.2, 0.25) is 0 Å². The van der Waals surface area contributed by atoms with E-state index in [9.17, 15) is 0 Å². The van der Waals surface area contributed by atoms with Crippen molar-refractivity contribution in [2.24, 2.45) is 0 Å². The van der Waals surface area contributed by atoms with Gasteiger partial charge in [0.25, 0.3) is 0 Å². The van der Waals surface area contributed by atoms with Gasteiger partial charge < -0.3 is 5.32 Å². The van der Waals surface area contributed by atoms with Gasteiger partial charge >= 0.3 is 0 Å². The fraction of sp³-hybridized carbons (Fsp3) is 0.125. The minimum atomic E-state index is 0.797. The fourth-order valence-electron chi connectivity index (χ4n) is 2.39. The van der Waals surface area contributed by atoms with Gasteiger partial charge in [0.1, 0.15) is 11.5 Å². The Hall–Kier alpha value is -2.18. The highest BCUT2D eigenvalue weighted by Crippen LogP contribution is 2.33. The van der Waals surface area contributed by atoms with E-state index in [0.29, 0.717) is 0 Å². The lowest BCUT2D eigenvalue weighted by Gasteiger charge is -2.06. The molecule has 22 heavy (non-hydrogen) atoms. The van der Waals surface area contributed by atoms with Crippen LogP contribution in [-0.4, -0.2) is 14.4 Å². The third-order valence-corrected chi connectivity index (χ3v) is 5.30. The predicted octanol–water partition coefficient (Wildman–Crippen LogP) is 4.44. The van der Waals surface area contributed by atoms with Gasteiger partial charge in [-0.2, -0.15) is 0 Å². The molecular weight excluding hydrogens is 312 g/mol. The van der Waals surface area contributed by atoms with Gasteiger partial charge in [0, 0.05) is 22.1 Å². The molecule has 4 aromatic heterocycles. The molecule has 1 N–H and O–H groups in total. The quantitative estimate of drug-likeness (QED) is 0.603. The molecule has 4 nitrogen and oxygen atoms in total. The minimum absolute atomic E-state index is 0.797. The second-order valence-electron chi connectivity index (χ2n) is 4.96. The molecule has 0 bridgehead atoms. The summed E-state index contributed by atoms with van der Waals surface area (Å²) in [6, 6.07) is 8.47. The van der Waals surface area contributed by atoms with Crippen LogP contribution in [0.5, 0.6) is 0 Å². The summed E-state index contributed by atoms with van der Waals surface area (Å²) in [7, 11) is 0. The highest BCUT2D eigenvalue weighted by molar-refractivity contribution is 7.15. The van der Waals surface area contributed by atoms with Crippen LogP contribution in [-0.2, 0) is 6.54 Å². The standard InChI is InChI=1S/C16H14N4S2/c1-11-4-5-13(22-11)15-16(18-9-12-3-2-8-21-12)20-7-6-17-10-14(20)19-15/h2-8,10,18H,9H2,1H3. The van der Waals surface area contributed by atoms with Crippen molar-refractivity contribution in [3.63, 3.8) is 0 Å². The number of aromatic nitrogens is 3. The molecule has 0 aromatic carbocycles. The number of hydrogen-bond acceptors (Lipinski definition) is 5. The zero-order chi connectivity index (χ0) is 14.9. The van der Waals surface area contributed by atoms with E-state index in [2.05, 4.69) is 51.3 Å². The largest absolute Gasteiger partial charge is 0.364 e. The Morgan fingerprint density at radius 2 is 2.23 bits per heavy atom. The van der Waals surface area contributed by atoms with Crippen molar-refractivity contribution in [1.29, 1.82) is 0 Å². The van der Waals surface area contributed by atoms with Crippen LogP contribution in [0.15, 0.2) is 48.2 Å². The van der Waals surface area contributed by atoms with Crippen LogP contribution in [0, 0.1) is 6.92 Å². The second kappa shape index (κ2) is 5.55. The second-order valence-corrected chi connectivity index (χ2v) is 7.28. The summed E-state index contributed by atoms with van der Waals surface area (Å²) in [5.74, 6) is 1.02. The molecule has 0 unspecified atom stereocenters. The highest BCUT2D eigenvalue weighted by Gasteiger charge is 2.15. The topological polar surface area (TPSA) is 42.2 Å². The number of anilines is 1. The van der Waals surface area contributed by atoms with E-state index in [4.69, 9.17) is 4.98 Å². The number of thiophene rings is 2. The normalized spacial score (nSPS) is 11.1. The van der Waals surface area contributed by atoms with Crippen LogP contribution in [0.1, 0.15) is 9.75 Å². The molecular formula is C16H14N4S2. The van der Waals surface area contributed by atoms with E-state index in [-0.39, 0.29) is 0 Å². The zero-order valence-corrected chi connectivity index (χ0v) is 13.6. The molecule has 0 aliphatic heterocycles. The highest BCUT2D eigenvalue weighted by atomic mass is 32.1. The first-order valence-electron chi connectivity index (χ1n) is 6.96. The molecule has 0 fully saturated rings. The molecule has 0 saturated heterocycles. The van der Waals surface area contributed by atoms with Gasteiger partial charge in [-0.05, 0) is 30.5 Å². The fourth-order valence-corrected chi connectivity index (χ4v) is 3.90. The van der Waals surface area contributed by atoms with Gasteiger partial charge in [0.15, 0.2) is 5.65 Å². The Bertz CT molecular complexity index is 905. The van der Waals surface area contributed by atoms with E-state index in [1.54, 1.807) is 35.1 Å². The van der Waals surface area contributed by atoms with Gasteiger partial charge in [0.05, 0.1) is 17.6 Å². The third-order valence-electron chi connectivity index (χ3n) is 3.41. The summed E-state index contributed by atoms with van der Waals surface area (Å²) in [4.78, 5) is 12.7. The first kappa shape index (κ1) is 13.5. The van der Waals surface area contributed by atoms with Gasteiger partial charge in [-0.1, -0.05) is 6.07 Å². The molecule has 0 aliphatic carbocycles. The molecule has 0 aliphatic rings. The molecule has 6 heteroatoms. The Kier molecular flexibility index (Phi) is 3.40. The summed E-state index contributed by atoms with van der Waals surface area (Å²) >= 11 is 3.51. The minimum Gasteiger partial charge on any atom is -0.364 e. The maximum Gasteiger partial charge on any atom is 0.157 e. The van der Waals surface area contributed by atoms with E-state index >= 15 is 0 Å². The van der Waals surface area contributed by atoms with Gasteiger partial charge in [-0.25, -0.2) is 4.98 Å². The molecule has 0 saturated carbocycles. The van der Waals surface area contributed by atoms with Gasteiger partial charge in [-0.3, -0.25) is 9.38 Å². The average molecular weight is 326 g/mol. The van der Waals surface area contributed by atoms with Crippen LogP contribution in [0.25, 0.3) is 16.2 Å². The van der Waals surface area contributed by atoms with Crippen molar-refractivity contribution in [1.82, 2.24) is 14.4 Å². The summed E-state index contributed by atoms with van der Waals surface area (Å²) in [6.45, 7) is 2.91. The van der Waals surface area contributed by atoms with Crippen molar-refractivity contribution < 1.29 is 0 Å². The van der Waals surface area contributed by atoms with Crippen molar-refractivity contribution >= 4 is 34.1 Å². The third kappa shape index (κ3) is 2.40. The summed E-state index contributed by atoms with van der Waals surface area (Å²) in [6.07, 6.45) is 5.53. The molecule has 0 radical (unpaired) electrons. The van der Waals surface area contributed by atoms with Crippen LogP contribution in [0.4, 0.5) is 5.82 Å². The molecule has 4 heterocycles. The van der Waals surface area contributed by atoms with E-state index in [0.717, 1.165) is 23.7 Å². The van der Waals surface area contributed by atoms with E-state index in [1.165, 1.54) is 14.6 Å². The van der Waals surface area contributed by atoms with Crippen molar-refractivity contribution in [3.8, 4) is 10.6 Å². The average Bonchev–Trinajstić information content (AvgIpc) is 3.24. The van der Waals surface area contributed by atoms with E-state index in [1.807, 2.05) is 6.20 Å². The lowest BCUT2D eigenvalue weighted by molar-refractivity contribution is 1.08.